The largest absolute Gasteiger partial charge is 0.260 e. The van der Waals surface area contributed by atoms with Gasteiger partial charge in [-0.2, -0.15) is 0 Å². The highest BCUT2D eigenvalue weighted by atomic mass is 79.9. The predicted octanol–water partition coefficient (Wildman–Crippen LogP) is 1.68. The predicted molar refractivity (Wildman–Crippen MR) is 72.6 cm³/mol. The molecular weight excluding hydrogens is 320 g/mol. The fraction of sp³-hybridized carbons (Fsp3) is 0.800. The summed E-state index contributed by atoms with van der Waals surface area (Å²) in [4.78, 5) is 0. The molecule has 0 radical (unpaired) electrons. The van der Waals surface area contributed by atoms with Crippen LogP contribution in [0.5, 0.6) is 0 Å². The smallest absolute Gasteiger partial charge is 0.235 e. The van der Waals surface area contributed by atoms with E-state index in [0.29, 0.717) is 5.92 Å². The normalized spacial score (nSPS) is 15.6. The average Bonchev–Trinajstić information content (AvgIpc) is 2.57. The standard InChI is InChI=1S/C10H19BrN4O2S/c1-5-7(2)6-8(3)13-18(16,17)10-9(11)12-14-15(10)4/h7-8,13H,5-6H2,1-4H3. The van der Waals surface area contributed by atoms with Crippen LogP contribution >= 0.6 is 15.9 Å². The summed E-state index contributed by atoms with van der Waals surface area (Å²) < 4.78 is 28.5. The van der Waals surface area contributed by atoms with Gasteiger partial charge in [-0.1, -0.05) is 25.5 Å². The lowest BCUT2D eigenvalue weighted by Crippen LogP contribution is -2.35. The van der Waals surface area contributed by atoms with Crippen molar-refractivity contribution in [1.82, 2.24) is 19.7 Å². The van der Waals surface area contributed by atoms with Crippen LogP contribution in [-0.2, 0) is 17.1 Å². The average molecular weight is 339 g/mol. The quantitative estimate of drug-likeness (QED) is 0.855. The molecule has 0 saturated heterocycles. The molecule has 1 rings (SSSR count). The lowest BCUT2D eigenvalue weighted by molar-refractivity contribution is 0.443. The minimum Gasteiger partial charge on any atom is -0.235 e. The number of aryl methyl sites for hydroxylation is 1. The Kier molecular flexibility index (Phi) is 5.30. The number of halogens is 1. The Balaban J connectivity index is 2.83. The number of nitrogens with one attached hydrogen (secondary N) is 1. The van der Waals surface area contributed by atoms with Crippen molar-refractivity contribution in [3.63, 3.8) is 0 Å². The van der Waals surface area contributed by atoms with E-state index in [9.17, 15) is 8.42 Å². The Bertz CT molecular complexity index is 480. The molecule has 0 saturated carbocycles. The van der Waals surface area contributed by atoms with E-state index in [1.54, 1.807) is 7.05 Å². The Morgan fingerprint density at radius 2 is 2.06 bits per heavy atom. The van der Waals surface area contributed by atoms with E-state index in [1.165, 1.54) is 4.68 Å². The van der Waals surface area contributed by atoms with Gasteiger partial charge < -0.3 is 0 Å². The van der Waals surface area contributed by atoms with Crippen LogP contribution in [0.25, 0.3) is 0 Å². The van der Waals surface area contributed by atoms with Gasteiger partial charge in [0.25, 0.3) is 10.0 Å². The highest BCUT2D eigenvalue weighted by Crippen LogP contribution is 2.19. The summed E-state index contributed by atoms with van der Waals surface area (Å²) in [5.74, 6) is 0.482. The minimum atomic E-state index is -3.59. The first-order chi connectivity index (χ1) is 8.27. The molecule has 8 heteroatoms. The summed E-state index contributed by atoms with van der Waals surface area (Å²) in [6, 6.07) is -0.119. The van der Waals surface area contributed by atoms with Gasteiger partial charge in [0.05, 0.1) is 0 Å². The molecular formula is C10H19BrN4O2S. The molecule has 18 heavy (non-hydrogen) atoms. The zero-order valence-corrected chi connectivity index (χ0v) is 13.4. The van der Waals surface area contributed by atoms with Crippen molar-refractivity contribution in [2.75, 3.05) is 0 Å². The van der Waals surface area contributed by atoms with Gasteiger partial charge in [0, 0.05) is 13.1 Å². The SMILES string of the molecule is CCC(C)CC(C)NS(=O)(=O)c1c(Br)nnn1C. The molecule has 2 unspecified atom stereocenters. The summed E-state index contributed by atoms with van der Waals surface area (Å²) in [6.45, 7) is 6.06. The molecule has 1 aromatic rings. The third kappa shape index (κ3) is 3.76. The van der Waals surface area contributed by atoms with Gasteiger partial charge in [0.2, 0.25) is 5.03 Å². The second-order valence-corrected chi connectivity index (χ2v) is 6.96. The maximum absolute atomic E-state index is 12.2. The highest BCUT2D eigenvalue weighted by Gasteiger charge is 2.25. The van der Waals surface area contributed by atoms with Gasteiger partial charge in [-0.15, -0.1) is 5.10 Å². The molecule has 1 heterocycles. The molecule has 2 atom stereocenters. The summed E-state index contributed by atoms with van der Waals surface area (Å²) in [5, 5.41) is 7.40. The summed E-state index contributed by atoms with van der Waals surface area (Å²) >= 11 is 3.09. The molecule has 1 N–H and O–H groups in total. The molecule has 6 nitrogen and oxygen atoms in total. The van der Waals surface area contributed by atoms with Crippen molar-refractivity contribution in [2.24, 2.45) is 13.0 Å². The molecule has 0 amide bonds. The first kappa shape index (κ1) is 15.6. The summed E-state index contributed by atoms with van der Waals surface area (Å²) in [6.07, 6.45) is 1.83. The van der Waals surface area contributed by atoms with Crippen molar-refractivity contribution in [3.05, 3.63) is 4.60 Å². The molecule has 0 aromatic carbocycles. The zero-order valence-electron chi connectivity index (χ0n) is 11.0. The zero-order chi connectivity index (χ0) is 13.9. The van der Waals surface area contributed by atoms with Crippen molar-refractivity contribution >= 4 is 26.0 Å². The summed E-state index contributed by atoms with van der Waals surface area (Å²) in [7, 11) is -2.04. The Morgan fingerprint density at radius 1 is 1.44 bits per heavy atom. The lowest BCUT2D eigenvalue weighted by Gasteiger charge is -2.17. The van der Waals surface area contributed by atoms with Crippen LogP contribution in [0.4, 0.5) is 0 Å². The third-order valence-corrected chi connectivity index (χ3v) is 5.28. The van der Waals surface area contributed by atoms with Gasteiger partial charge in [0.15, 0.2) is 4.60 Å². The molecule has 1 aromatic heterocycles. The molecule has 0 fully saturated rings. The molecule has 0 spiro atoms. The maximum atomic E-state index is 12.2. The summed E-state index contributed by atoms with van der Waals surface area (Å²) in [5.41, 5.74) is 0. The van der Waals surface area contributed by atoms with E-state index >= 15 is 0 Å². The van der Waals surface area contributed by atoms with Gasteiger partial charge in [-0.25, -0.2) is 17.8 Å². The molecule has 0 aliphatic carbocycles. The van der Waals surface area contributed by atoms with Crippen LogP contribution < -0.4 is 4.72 Å². The third-order valence-electron chi connectivity index (χ3n) is 2.80. The number of nitrogens with zero attached hydrogens (tertiary/aromatic N) is 3. The van der Waals surface area contributed by atoms with Crippen LogP contribution in [0.3, 0.4) is 0 Å². The van der Waals surface area contributed by atoms with Crippen molar-refractivity contribution in [3.8, 4) is 0 Å². The van der Waals surface area contributed by atoms with E-state index in [1.807, 2.05) is 6.92 Å². The van der Waals surface area contributed by atoms with Gasteiger partial charge in [0.1, 0.15) is 0 Å². The molecule has 104 valence electrons. The van der Waals surface area contributed by atoms with Crippen molar-refractivity contribution < 1.29 is 8.42 Å². The second-order valence-electron chi connectivity index (χ2n) is 4.58. The van der Waals surface area contributed by atoms with Gasteiger partial charge in [-0.05, 0) is 35.2 Å². The highest BCUT2D eigenvalue weighted by molar-refractivity contribution is 9.10. The van der Waals surface area contributed by atoms with Crippen molar-refractivity contribution in [2.45, 2.75) is 44.7 Å². The molecule has 0 bridgehead atoms. The van der Waals surface area contributed by atoms with Gasteiger partial charge >= 0.3 is 0 Å². The topological polar surface area (TPSA) is 76.9 Å². The first-order valence-electron chi connectivity index (χ1n) is 5.85. The number of aromatic nitrogens is 3. The number of hydrogen-bond donors (Lipinski definition) is 1. The van der Waals surface area contributed by atoms with E-state index < -0.39 is 10.0 Å². The molecule has 0 aliphatic rings. The van der Waals surface area contributed by atoms with Crippen LogP contribution in [-0.4, -0.2) is 29.5 Å². The van der Waals surface area contributed by atoms with Crippen molar-refractivity contribution in [1.29, 1.82) is 0 Å². The minimum absolute atomic E-state index is 0.0542. The maximum Gasteiger partial charge on any atom is 0.260 e. The fourth-order valence-electron chi connectivity index (χ4n) is 1.75. The Hall–Kier alpha value is -0.470. The van der Waals surface area contributed by atoms with Gasteiger partial charge in [-0.3, -0.25) is 0 Å². The van der Waals surface area contributed by atoms with E-state index in [4.69, 9.17) is 0 Å². The second kappa shape index (κ2) is 6.12. The molecule has 0 aliphatic heterocycles. The first-order valence-corrected chi connectivity index (χ1v) is 8.13. The number of rotatable bonds is 6. The van der Waals surface area contributed by atoms with E-state index in [0.717, 1.165) is 12.8 Å². The van der Waals surface area contributed by atoms with Crippen LogP contribution in [0.15, 0.2) is 9.63 Å². The van der Waals surface area contributed by atoms with Crippen LogP contribution in [0.2, 0.25) is 0 Å². The monoisotopic (exact) mass is 338 g/mol. The number of hydrogen-bond acceptors (Lipinski definition) is 4. The Labute approximate surface area is 116 Å². The van der Waals surface area contributed by atoms with Crippen LogP contribution in [0, 0.1) is 5.92 Å². The van der Waals surface area contributed by atoms with E-state index in [-0.39, 0.29) is 15.7 Å². The lowest BCUT2D eigenvalue weighted by atomic mass is 10.0. The fourth-order valence-corrected chi connectivity index (χ4v) is 4.10. The number of sulfonamides is 1. The Morgan fingerprint density at radius 3 is 2.50 bits per heavy atom. The van der Waals surface area contributed by atoms with Crippen LogP contribution in [0.1, 0.15) is 33.6 Å². The van der Waals surface area contributed by atoms with E-state index in [2.05, 4.69) is 44.8 Å².